The molecule has 1 aromatic heterocycles. The largest absolute Gasteiger partial charge is 0.490 e. The van der Waals surface area contributed by atoms with Crippen LogP contribution < -0.4 is 15.6 Å². The number of ether oxygens (including phenoxy) is 1. The van der Waals surface area contributed by atoms with Gasteiger partial charge < -0.3 is 15.0 Å². The van der Waals surface area contributed by atoms with Gasteiger partial charge in [-0.3, -0.25) is 4.79 Å². The summed E-state index contributed by atoms with van der Waals surface area (Å²) in [6.45, 7) is 4.11. The number of H-pyrrole nitrogens is 1. The van der Waals surface area contributed by atoms with Gasteiger partial charge in [-0.05, 0) is 61.5 Å². The highest BCUT2D eigenvalue weighted by Gasteiger charge is 2.15. The zero-order chi connectivity index (χ0) is 13.9. The second kappa shape index (κ2) is 5.67. The molecule has 1 saturated heterocycles. The minimum atomic E-state index is -0.0365. The lowest BCUT2D eigenvalue weighted by atomic mass is 10.1. The van der Waals surface area contributed by atoms with Crippen molar-refractivity contribution in [3.8, 4) is 5.75 Å². The van der Waals surface area contributed by atoms with Crippen LogP contribution in [-0.2, 0) is 6.42 Å². The molecule has 2 aromatic rings. The molecule has 3 rings (SSSR count). The topological polar surface area (TPSA) is 54.1 Å². The van der Waals surface area contributed by atoms with E-state index in [0.29, 0.717) is 0 Å². The highest BCUT2D eigenvalue weighted by Crippen LogP contribution is 2.24. The first-order valence-corrected chi connectivity index (χ1v) is 7.29. The van der Waals surface area contributed by atoms with E-state index in [1.54, 1.807) is 6.20 Å². The standard InChI is InChI=1S/C16H20N2O2/c1-2-11-10-18-16(19)14-4-3-13(9-15(11)14)20-12-5-7-17-8-6-12/h3-4,9-10,12,17H,2,5-8H2,1H3,(H,18,19). The van der Waals surface area contributed by atoms with Crippen LogP contribution in [0.5, 0.6) is 5.75 Å². The maximum absolute atomic E-state index is 11.8. The van der Waals surface area contributed by atoms with E-state index in [0.717, 1.165) is 54.4 Å². The Bertz CT molecular complexity index is 657. The Morgan fingerprint density at radius 1 is 1.25 bits per heavy atom. The molecule has 0 spiro atoms. The van der Waals surface area contributed by atoms with Crippen molar-refractivity contribution in [3.63, 3.8) is 0 Å². The molecule has 0 aliphatic carbocycles. The van der Waals surface area contributed by atoms with Gasteiger partial charge in [-0.1, -0.05) is 6.92 Å². The second-order valence-electron chi connectivity index (χ2n) is 5.27. The normalized spacial score (nSPS) is 16.4. The van der Waals surface area contributed by atoms with Crippen molar-refractivity contribution in [2.45, 2.75) is 32.3 Å². The van der Waals surface area contributed by atoms with E-state index in [2.05, 4.69) is 17.2 Å². The summed E-state index contributed by atoms with van der Waals surface area (Å²) in [7, 11) is 0. The van der Waals surface area contributed by atoms with Gasteiger partial charge in [-0.25, -0.2) is 0 Å². The minimum Gasteiger partial charge on any atom is -0.490 e. The number of aromatic amines is 1. The summed E-state index contributed by atoms with van der Waals surface area (Å²) in [5, 5.41) is 5.07. The Morgan fingerprint density at radius 2 is 2.05 bits per heavy atom. The molecule has 4 heteroatoms. The first-order valence-electron chi connectivity index (χ1n) is 7.29. The van der Waals surface area contributed by atoms with E-state index in [1.807, 2.05) is 18.2 Å². The predicted octanol–water partition coefficient (Wildman–Crippen LogP) is 2.22. The third-order valence-electron chi connectivity index (χ3n) is 3.93. The molecule has 2 heterocycles. The fraction of sp³-hybridized carbons (Fsp3) is 0.438. The number of fused-ring (bicyclic) bond motifs is 1. The summed E-state index contributed by atoms with van der Waals surface area (Å²) in [4.78, 5) is 14.6. The average Bonchev–Trinajstić information content (AvgIpc) is 2.49. The van der Waals surface area contributed by atoms with Gasteiger partial charge in [0.25, 0.3) is 5.56 Å². The molecule has 0 unspecified atom stereocenters. The second-order valence-corrected chi connectivity index (χ2v) is 5.27. The monoisotopic (exact) mass is 272 g/mol. The van der Waals surface area contributed by atoms with Crippen LogP contribution in [0.4, 0.5) is 0 Å². The average molecular weight is 272 g/mol. The molecule has 1 aromatic carbocycles. The lowest BCUT2D eigenvalue weighted by Gasteiger charge is -2.24. The lowest BCUT2D eigenvalue weighted by molar-refractivity contribution is 0.162. The number of nitrogens with one attached hydrogen (secondary N) is 2. The first-order chi connectivity index (χ1) is 9.78. The number of piperidine rings is 1. The molecule has 106 valence electrons. The molecular weight excluding hydrogens is 252 g/mol. The van der Waals surface area contributed by atoms with Crippen LogP contribution in [0.2, 0.25) is 0 Å². The zero-order valence-electron chi connectivity index (χ0n) is 11.7. The van der Waals surface area contributed by atoms with E-state index in [1.165, 1.54) is 0 Å². The Balaban J connectivity index is 1.94. The smallest absolute Gasteiger partial charge is 0.255 e. The Hall–Kier alpha value is -1.81. The molecule has 1 fully saturated rings. The van der Waals surface area contributed by atoms with Gasteiger partial charge in [-0.2, -0.15) is 0 Å². The third-order valence-corrected chi connectivity index (χ3v) is 3.93. The fourth-order valence-corrected chi connectivity index (χ4v) is 2.77. The van der Waals surface area contributed by atoms with Crippen molar-refractivity contribution in [2.24, 2.45) is 0 Å². The van der Waals surface area contributed by atoms with Crippen LogP contribution in [0.15, 0.2) is 29.2 Å². The van der Waals surface area contributed by atoms with E-state index < -0.39 is 0 Å². The summed E-state index contributed by atoms with van der Waals surface area (Å²) in [6.07, 6.45) is 5.05. The summed E-state index contributed by atoms with van der Waals surface area (Å²) in [5.41, 5.74) is 1.11. The molecular formula is C16H20N2O2. The van der Waals surface area contributed by atoms with E-state index >= 15 is 0 Å². The number of hydrogen-bond donors (Lipinski definition) is 2. The van der Waals surface area contributed by atoms with Gasteiger partial charge >= 0.3 is 0 Å². The fourth-order valence-electron chi connectivity index (χ4n) is 2.77. The summed E-state index contributed by atoms with van der Waals surface area (Å²) in [5.74, 6) is 0.865. The zero-order valence-corrected chi connectivity index (χ0v) is 11.7. The summed E-state index contributed by atoms with van der Waals surface area (Å²) in [6, 6.07) is 5.77. The van der Waals surface area contributed by atoms with E-state index in [-0.39, 0.29) is 11.7 Å². The van der Waals surface area contributed by atoms with Crippen LogP contribution in [-0.4, -0.2) is 24.2 Å². The minimum absolute atomic E-state index is 0.0365. The maximum atomic E-state index is 11.8. The highest BCUT2D eigenvalue weighted by atomic mass is 16.5. The molecule has 1 aliphatic heterocycles. The molecule has 0 amide bonds. The Labute approximate surface area is 118 Å². The number of rotatable bonds is 3. The lowest BCUT2D eigenvalue weighted by Crippen LogP contribution is -2.34. The molecule has 2 N–H and O–H groups in total. The van der Waals surface area contributed by atoms with Gasteiger partial charge in [0.1, 0.15) is 11.9 Å². The van der Waals surface area contributed by atoms with Crippen LogP contribution in [0, 0.1) is 0 Å². The summed E-state index contributed by atoms with van der Waals surface area (Å²) < 4.78 is 6.05. The molecule has 1 aliphatic rings. The molecule has 4 nitrogen and oxygen atoms in total. The molecule has 0 saturated carbocycles. The van der Waals surface area contributed by atoms with E-state index in [4.69, 9.17) is 4.74 Å². The number of pyridine rings is 1. The van der Waals surface area contributed by atoms with Crippen molar-refractivity contribution < 1.29 is 4.74 Å². The van der Waals surface area contributed by atoms with Crippen LogP contribution in [0.25, 0.3) is 10.8 Å². The van der Waals surface area contributed by atoms with Gasteiger partial charge in [0, 0.05) is 11.6 Å². The molecule has 0 bridgehead atoms. The molecule has 0 radical (unpaired) electrons. The Kier molecular flexibility index (Phi) is 3.74. The van der Waals surface area contributed by atoms with Crippen molar-refractivity contribution in [2.75, 3.05) is 13.1 Å². The predicted molar refractivity (Wildman–Crippen MR) is 80.5 cm³/mol. The van der Waals surface area contributed by atoms with Crippen LogP contribution in [0.1, 0.15) is 25.3 Å². The SMILES string of the molecule is CCc1c[nH]c(=O)c2ccc(OC3CCNCC3)cc12. The Morgan fingerprint density at radius 3 is 2.80 bits per heavy atom. The van der Waals surface area contributed by atoms with Gasteiger partial charge in [0.05, 0.1) is 0 Å². The summed E-state index contributed by atoms with van der Waals surface area (Å²) >= 11 is 0. The van der Waals surface area contributed by atoms with Crippen molar-refractivity contribution >= 4 is 10.8 Å². The number of benzene rings is 1. The third kappa shape index (κ3) is 2.56. The highest BCUT2D eigenvalue weighted by molar-refractivity contribution is 5.85. The number of aromatic nitrogens is 1. The molecule has 20 heavy (non-hydrogen) atoms. The van der Waals surface area contributed by atoms with Gasteiger partial charge in [-0.15, -0.1) is 0 Å². The van der Waals surface area contributed by atoms with Crippen LogP contribution in [0.3, 0.4) is 0 Å². The quantitative estimate of drug-likeness (QED) is 0.901. The molecule has 0 atom stereocenters. The van der Waals surface area contributed by atoms with Crippen LogP contribution >= 0.6 is 0 Å². The maximum Gasteiger partial charge on any atom is 0.255 e. The van der Waals surface area contributed by atoms with Crippen molar-refractivity contribution in [1.82, 2.24) is 10.3 Å². The number of hydrogen-bond acceptors (Lipinski definition) is 3. The van der Waals surface area contributed by atoms with Gasteiger partial charge in [0.15, 0.2) is 0 Å². The number of aryl methyl sites for hydroxylation is 1. The first kappa shape index (κ1) is 13.2. The van der Waals surface area contributed by atoms with Crippen molar-refractivity contribution in [1.29, 1.82) is 0 Å². The van der Waals surface area contributed by atoms with Gasteiger partial charge in [0.2, 0.25) is 0 Å². The van der Waals surface area contributed by atoms with Crippen molar-refractivity contribution in [3.05, 3.63) is 40.3 Å². The van der Waals surface area contributed by atoms with E-state index in [9.17, 15) is 4.79 Å².